The van der Waals surface area contributed by atoms with E-state index in [1.807, 2.05) is 0 Å². The van der Waals surface area contributed by atoms with E-state index in [0.717, 1.165) is 12.8 Å². The van der Waals surface area contributed by atoms with E-state index in [1.54, 1.807) is 23.6 Å². The Balaban J connectivity index is 1.81. The van der Waals surface area contributed by atoms with Gasteiger partial charge in [0.05, 0.1) is 22.0 Å². The van der Waals surface area contributed by atoms with Gasteiger partial charge in [-0.1, -0.05) is 5.16 Å². The van der Waals surface area contributed by atoms with Gasteiger partial charge in [-0.3, -0.25) is 4.40 Å². The molecule has 0 N–H and O–H groups in total. The van der Waals surface area contributed by atoms with Gasteiger partial charge in [0.2, 0.25) is 5.82 Å². The molecule has 1 saturated carbocycles. The number of hydrogen-bond donors (Lipinski definition) is 0. The van der Waals surface area contributed by atoms with Gasteiger partial charge in [-0.2, -0.15) is 18.2 Å². The molecule has 1 unspecified atom stereocenters. The van der Waals surface area contributed by atoms with Crippen LogP contribution in [0.3, 0.4) is 0 Å². The minimum Gasteiger partial charge on any atom is -0.329 e. The Bertz CT molecular complexity index is 1140. The Labute approximate surface area is 152 Å². The van der Waals surface area contributed by atoms with Crippen molar-refractivity contribution in [3.05, 3.63) is 29.9 Å². The van der Waals surface area contributed by atoms with E-state index in [1.165, 1.54) is 12.3 Å². The van der Waals surface area contributed by atoms with Crippen LogP contribution in [0.15, 0.2) is 32.2 Å². The molecule has 0 radical (unpaired) electrons. The van der Waals surface area contributed by atoms with E-state index in [4.69, 9.17) is 0 Å². The Morgan fingerprint density at radius 1 is 1.33 bits per heavy atom. The molecule has 0 bridgehead atoms. The second-order valence-corrected chi connectivity index (χ2v) is 8.88. The highest BCUT2D eigenvalue weighted by molar-refractivity contribution is 7.92. The summed E-state index contributed by atoms with van der Waals surface area (Å²) in [7, 11) is -2.72. The molecule has 1 fully saturated rings. The number of aromatic nitrogens is 4. The Morgan fingerprint density at radius 2 is 2.07 bits per heavy atom. The van der Waals surface area contributed by atoms with Crippen LogP contribution in [0.4, 0.5) is 13.2 Å². The fourth-order valence-corrected chi connectivity index (χ4v) is 4.52. The molecule has 4 rings (SSSR count). The van der Waals surface area contributed by atoms with Crippen LogP contribution >= 0.6 is 0 Å². The van der Waals surface area contributed by atoms with Crippen LogP contribution in [0.2, 0.25) is 0 Å². The lowest BCUT2D eigenvalue weighted by Gasteiger charge is -2.07. The zero-order chi connectivity index (χ0) is 19.4. The third-order valence-electron chi connectivity index (χ3n) is 4.30. The van der Waals surface area contributed by atoms with Crippen molar-refractivity contribution in [3.63, 3.8) is 0 Å². The first-order valence-electron chi connectivity index (χ1n) is 8.23. The van der Waals surface area contributed by atoms with Crippen molar-refractivity contribution in [2.24, 2.45) is 10.3 Å². The molecule has 7 nitrogen and oxygen atoms in total. The first-order chi connectivity index (χ1) is 12.6. The van der Waals surface area contributed by atoms with Crippen molar-refractivity contribution in [3.8, 4) is 11.4 Å². The Kier molecular flexibility index (Phi) is 4.02. The van der Waals surface area contributed by atoms with E-state index < -0.39 is 21.8 Å². The van der Waals surface area contributed by atoms with Crippen LogP contribution in [0.5, 0.6) is 0 Å². The SMILES string of the molecule is Cc1nc2ccc(-c3noc(C(F)(F)F)n3)cn2c1S(C)(=O)=NCC1CC1. The highest BCUT2D eigenvalue weighted by atomic mass is 32.2. The molecule has 0 aromatic carbocycles. The zero-order valence-electron chi connectivity index (χ0n) is 14.5. The highest BCUT2D eigenvalue weighted by Crippen LogP contribution is 2.31. The minimum atomic E-state index is -4.72. The maximum atomic E-state index is 13.2. The first-order valence-corrected chi connectivity index (χ1v) is 10.2. The minimum absolute atomic E-state index is 0.209. The Hall–Kier alpha value is -2.43. The summed E-state index contributed by atoms with van der Waals surface area (Å²) >= 11 is 0. The average Bonchev–Trinajstić information content (AvgIpc) is 3.14. The summed E-state index contributed by atoms with van der Waals surface area (Å²) in [5.74, 6) is -1.14. The molecule has 0 aliphatic heterocycles. The molecule has 3 heterocycles. The Morgan fingerprint density at radius 3 is 2.70 bits per heavy atom. The number of hydrogen-bond acceptors (Lipinski definition) is 6. The number of nitrogens with zero attached hydrogens (tertiary/aromatic N) is 5. The van der Waals surface area contributed by atoms with Crippen LogP contribution in [0.25, 0.3) is 17.0 Å². The van der Waals surface area contributed by atoms with Crippen LogP contribution in [-0.4, -0.2) is 36.5 Å². The summed E-state index contributed by atoms with van der Waals surface area (Å²) in [4.78, 5) is 7.77. The van der Waals surface area contributed by atoms with Crippen molar-refractivity contribution in [2.75, 3.05) is 12.8 Å². The maximum absolute atomic E-state index is 13.2. The van der Waals surface area contributed by atoms with Gasteiger partial charge in [0.25, 0.3) is 0 Å². The van der Waals surface area contributed by atoms with E-state index in [2.05, 4.69) is 24.0 Å². The molecule has 1 aliphatic rings. The number of imidazole rings is 1. The molecule has 1 atom stereocenters. The van der Waals surface area contributed by atoms with Crippen molar-refractivity contribution in [1.82, 2.24) is 19.5 Å². The number of rotatable bonds is 4. The molecule has 3 aromatic heterocycles. The van der Waals surface area contributed by atoms with Crippen LogP contribution in [-0.2, 0) is 15.9 Å². The van der Waals surface area contributed by atoms with Gasteiger partial charge in [-0.15, -0.1) is 0 Å². The number of halogens is 3. The largest absolute Gasteiger partial charge is 0.471 e. The molecule has 1 aliphatic carbocycles. The van der Waals surface area contributed by atoms with Crippen molar-refractivity contribution in [2.45, 2.75) is 31.0 Å². The topological polar surface area (TPSA) is 85.6 Å². The quantitative estimate of drug-likeness (QED) is 0.669. The van der Waals surface area contributed by atoms with Gasteiger partial charge >= 0.3 is 12.1 Å². The maximum Gasteiger partial charge on any atom is 0.471 e. The fourth-order valence-electron chi connectivity index (χ4n) is 2.79. The number of fused-ring (bicyclic) bond motifs is 1. The summed E-state index contributed by atoms with van der Waals surface area (Å²) in [6, 6.07) is 3.14. The molecule has 0 spiro atoms. The smallest absolute Gasteiger partial charge is 0.329 e. The summed E-state index contributed by atoms with van der Waals surface area (Å²) < 4.78 is 61.5. The molecule has 3 aromatic rings. The van der Waals surface area contributed by atoms with Crippen molar-refractivity contribution < 1.29 is 21.9 Å². The first kappa shape index (κ1) is 18.0. The van der Waals surface area contributed by atoms with Gasteiger partial charge in [-0.25, -0.2) is 13.6 Å². The second kappa shape index (κ2) is 6.04. The second-order valence-electron chi connectivity index (χ2n) is 6.63. The van der Waals surface area contributed by atoms with Gasteiger partial charge in [0.15, 0.2) is 0 Å². The summed E-state index contributed by atoms with van der Waals surface area (Å²) in [6.07, 6.45) is 0.523. The standard InChI is InChI=1S/C16H16F3N5O2S/c1-9-14(27(2,25)20-7-10-3-4-10)24-8-11(5-6-12(24)21-9)13-22-15(26-23-13)16(17,18)19/h5-6,8,10H,3-4,7H2,1-2H3. The van der Waals surface area contributed by atoms with Gasteiger partial charge in [0.1, 0.15) is 10.7 Å². The van der Waals surface area contributed by atoms with E-state index >= 15 is 0 Å². The molecule has 0 saturated heterocycles. The molecular formula is C16H16F3N5O2S. The highest BCUT2D eigenvalue weighted by Gasteiger charge is 2.38. The third kappa shape index (κ3) is 3.43. The summed E-state index contributed by atoms with van der Waals surface area (Å²) in [6.45, 7) is 2.26. The molecular weight excluding hydrogens is 383 g/mol. The van der Waals surface area contributed by atoms with E-state index in [9.17, 15) is 17.4 Å². The van der Waals surface area contributed by atoms with Crippen LogP contribution < -0.4 is 0 Å². The summed E-state index contributed by atoms with van der Waals surface area (Å²) in [5, 5.41) is 3.82. The number of aryl methyl sites for hydroxylation is 1. The number of alkyl halides is 3. The molecule has 144 valence electrons. The third-order valence-corrected chi connectivity index (χ3v) is 6.15. The van der Waals surface area contributed by atoms with Crippen LogP contribution in [0.1, 0.15) is 24.4 Å². The monoisotopic (exact) mass is 399 g/mol. The molecule has 0 amide bonds. The van der Waals surface area contributed by atoms with Gasteiger partial charge < -0.3 is 4.52 Å². The van der Waals surface area contributed by atoms with Gasteiger partial charge in [-0.05, 0) is 37.8 Å². The fraction of sp³-hybridized carbons (Fsp3) is 0.438. The normalized spacial score (nSPS) is 17.2. The lowest BCUT2D eigenvalue weighted by Crippen LogP contribution is -2.06. The van der Waals surface area contributed by atoms with E-state index in [-0.39, 0.29) is 11.4 Å². The zero-order valence-corrected chi connectivity index (χ0v) is 15.3. The molecule has 27 heavy (non-hydrogen) atoms. The predicted molar refractivity (Wildman–Crippen MR) is 90.6 cm³/mol. The van der Waals surface area contributed by atoms with Gasteiger partial charge in [0, 0.05) is 18.0 Å². The molecule has 11 heteroatoms. The van der Waals surface area contributed by atoms with Crippen molar-refractivity contribution in [1.29, 1.82) is 0 Å². The predicted octanol–water partition coefficient (Wildman–Crippen LogP) is 3.58. The lowest BCUT2D eigenvalue weighted by molar-refractivity contribution is -0.159. The van der Waals surface area contributed by atoms with Crippen molar-refractivity contribution >= 4 is 15.4 Å². The number of pyridine rings is 1. The van der Waals surface area contributed by atoms with Crippen LogP contribution in [0, 0.1) is 12.8 Å². The average molecular weight is 399 g/mol. The summed E-state index contributed by atoms with van der Waals surface area (Å²) in [5.41, 5.74) is 1.36. The van der Waals surface area contributed by atoms with E-state index in [0.29, 0.717) is 28.8 Å². The lowest BCUT2D eigenvalue weighted by atomic mass is 10.3.